The highest BCUT2D eigenvalue weighted by Gasteiger charge is 2.31. The predicted octanol–water partition coefficient (Wildman–Crippen LogP) is 19.5. The van der Waals surface area contributed by atoms with Crippen molar-refractivity contribution >= 4 is 84.2 Å². The highest BCUT2D eigenvalue weighted by atomic mass is 28.3. The molecule has 404 valence electrons. The maximum atomic E-state index is 12.8. The van der Waals surface area contributed by atoms with Crippen LogP contribution in [0.5, 0.6) is 5.75 Å². The molecule has 14 aromatic rings. The molecule has 0 saturated carbocycles. The standard InChI is InChI=1S/C75H69N5OSi/c1-73(2,3)48-38-46(37-47(39-48)68-67-55-27-18-21-31-63(55)78(65(67)35-36-76-68)50-42-57-53-25-16-19-29-61(53)79-62-30-20-17-26-54(62)58(43-50)70(57)79)52-28-22-32-66-69(52)77-72(59-40-49(74(4,5)6)41-60(71(59)81)75(7,8)9)80(66)64-34-33-51(82(10,11)12)44-56(64)45-23-14-13-15-24-45/h13-44,81H,1-12H3. The fourth-order valence-corrected chi connectivity index (χ4v) is 14.1. The molecule has 0 aliphatic rings. The van der Waals surface area contributed by atoms with E-state index in [0.29, 0.717) is 11.4 Å². The normalized spacial score (nSPS) is 12.9. The van der Waals surface area contributed by atoms with Gasteiger partial charge in [0.25, 0.3) is 0 Å². The minimum atomic E-state index is -1.76. The van der Waals surface area contributed by atoms with E-state index in [1.807, 2.05) is 6.20 Å². The van der Waals surface area contributed by atoms with Crippen LogP contribution in [0.25, 0.3) is 127 Å². The molecule has 0 saturated heterocycles. The number of rotatable bonds is 7. The molecule has 1 N–H and O–H groups in total. The van der Waals surface area contributed by atoms with Crippen molar-refractivity contribution in [2.45, 2.75) is 98.2 Å². The van der Waals surface area contributed by atoms with E-state index >= 15 is 0 Å². The van der Waals surface area contributed by atoms with E-state index in [9.17, 15) is 5.11 Å². The lowest BCUT2D eigenvalue weighted by Crippen LogP contribution is -2.37. The third kappa shape index (κ3) is 8.02. The molecule has 0 radical (unpaired) electrons. The Bertz CT molecular complexity index is 4830. The quantitative estimate of drug-likeness (QED) is 0.162. The van der Waals surface area contributed by atoms with E-state index in [4.69, 9.17) is 9.97 Å². The fraction of sp³-hybridized carbons (Fsp3) is 0.200. The molecular formula is C75H69N5OSi. The van der Waals surface area contributed by atoms with Crippen LogP contribution in [0.15, 0.2) is 194 Å². The summed E-state index contributed by atoms with van der Waals surface area (Å²) in [4.78, 5) is 11.2. The maximum absolute atomic E-state index is 12.8. The van der Waals surface area contributed by atoms with E-state index in [0.717, 1.165) is 88.9 Å². The molecule has 0 atom stereocenters. The summed E-state index contributed by atoms with van der Waals surface area (Å²) in [6.07, 6.45) is 1.99. The van der Waals surface area contributed by atoms with E-state index in [2.05, 4.69) is 284 Å². The highest BCUT2D eigenvalue weighted by molar-refractivity contribution is 6.88. The van der Waals surface area contributed by atoms with Gasteiger partial charge in [0.2, 0.25) is 0 Å². The lowest BCUT2D eigenvalue weighted by Gasteiger charge is -2.28. The topological polar surface area (TPSA) is 60.3 Å². The van der Waals surface area contributed by atoms with Crippen molar-refractivity contribution in [3.63, 3.8) is 0 Å². The van der Waals surface area contributed by atoms with Gasteiger partial charge in [-0.2, -0.15) is 0 Å². The van der Waals surface area contributed by atoms with Gasteiger partial charge in [-0.15, -0.1) is 0 Å². The second-order valence-electron chi connectivity index (χ2n) is 26.9. The summed E-state index contributed by atoms with van der Waals surface area (Å²) in [6, 6.07) is 69.3. The zero-order chi connectivity index (χ0) is 56.9. The number of phenolic OH excluding ortho intramolecular Hbond substituents is 1. The first-order chi connectivity index (χ1) is 39.1. The van der Waals surface area contributed by atoms with Gasteiger partial charge in [0.15, 0.2) is 0 Å². The molecule has 0 aliphatic carbocycles. The molecule has 0 amide bonds. The number of imidazole rings is 1. The smallest absolute Gasteiger partial charge is 0.149 e. The van der Waals surface area contributed by atoms with Crippen molar-refractivity contribution in [3.8, 4) is 62.0 Å². The molecule has 14 rings (SSSR count). The summed E-state index contributed by atoms with van der Waals surface area (Å²) in [5, 5.41) is 21.4. The second-order valence-corrected chi connectivity index (χ2v) is 32.0. The third-order valence-corrected chi connectivity index (χ3v) is 19.4. The number of fused-ring (bicyclic) bond motifs is 10. The molecule has 6 nitrogen and oxygen atoms in total. The highest BCUT2D eigenvalue weighted by Crippen LogP contribution is 2.48. The number of phenols is 1. The number of nitrogens with zero attached hydrogens (tertiary/aromatic N) is 5. The zero-order valence-corrected chi connectivity index (χ0v) is 50.2. The lowest BCUT2D eigenvalue weighted by atomic mass is 9.79. The minimum absolute atomic E-state index is 0.205. The molecule has 0 fully saturated rings. The molecule has 9 aromatic carbocycles. The van der Waals surface area contributed by atoms with E-state index in [1.54, 1.807) is 0 Å². The molecule has 0 spiro atoms. The number of benzene rings is 9. The number of aromatic hydroxyl groups is 1. The van der Waals surface area contributed by atoms with Crippen LogP contribution in [0.4, 0.5) is 0 Å². The van der Waals surface area contributed by atoms with Crippen molar-refractivity contribution in [3.05, 3.63) is 211 Å². The van der Waals surface area contributed by atoms with Gasteiger partial charge in [-0.1, -0.05) is 208 Å². The number of hydrogen-bond acceptors (Lipinski definition) is 3. The van der Waals surface area contributed by atoms with Gasteiger partial charge >= 0.3 is 0 Å². The molecule has 5 aromatic heterocycles. The van der Waals surface area contributed by atoms with Crippen molar-refractivity contribution < 1.29 is 5.11 Å². The maximum Gasteiger partial charge on any atom is 0.149 e. The van der Waals surface area contributed by atoms with Crippen LogP contribution in [-0.4, -0.2) is 36.7 Å². The van der Waals surface area contributed by atoms with Crippen LogP contribution in [0.1, 0.15) is 79.0 Å². The Hall–Kier alpha value is -8.78. The Kier molecular flexibility index (Phi) is 11.3. The van der Waals surface area contributed by atoms with Gasteiger partial charge < -0.3 is 14.1 Å². The van der Waals surface area contributed by atoms with E-state index < -0.39 is 8.07 Å². The van der Waals surface area contributed by atoms with Gasteiger partial charge in [0, 0.05) is 66.5 Å². The Morgan fingerprint density at radius 2 is 1.04 bits per heavy atom. The fourth-order valence-electron chi connectivity index (χ4n) is 12.9. The first-order valence-corrected chi connectivity index (χ1v) is 32.5. The van der Waals surface area contributed by atoms with Gasteiger partial charge in [-0.3, -0.25) is 9.55 Å². The summed E-state index contributed by atoms with van der Waals surface area (Å²) in [6.45, 7) is 27.4. The van der Waals surface area contributed by atoms with E-state index in [-0.39, 0.29) is 22.0 Å². The Morgan fingerprint density at radius 3 is 1.68 bits per heavy atom. The molecular weight excluding hydrogens is 1010 g/mol. The lowest BCUT2D eigenvalue weighted by molar-refractivity contribution is 0.446. The molecule has 82 heavy (non-hydrogen) atoms. The van der Waals surface area contributed by atoms with Gasteiger partial charge in [-0.25, -0.2) is 4.98 Å². The van der Waals surface area contributed by atoms with Gasteiger partial charge in [-0.05, 0) is 105 Å². The number of pyridine rings is 1. The molecule has 0 aliphatic heterocycles. The zero-order valence-electron chi connectivity index (χ0n) is 49.2. The van der Waals surface area contributed by atoms with E-state index in [1.165, 1.54) is 48.8 Å². The van der Waals surface area contributed by atoms with Crippen molar-refractivity contribution in [2.24, 2.45) is 0 Å². The third-order valence-electron chi connectivity index (χ3n) is 17.3. The average Bonchev–Trinajstić information content (AvgIpc) is 3.89. The summed E-state index contributed by atoms with van der Waals surface area (Å²) in [7, 11) is -1.76. The minimum Gasteiger partial charge on any atom is -0.507 e. The number of aromatic nitrogens is 5. The summed E-state index contributed by atoms with van der Waals surface area (Å²) < 4.78 is 7.23. The van der Waals surface area contributed by atoms with Crippen molar-refractivity contribution in [2.75, 3.05) is 0 Å². The largest absolute Gasteiger partial charge is 0.507 e. The van der Waals surface area contributed by atoms with Gasteiger partial charge in [0.05, 0.1) is 63.6 Å². The Labute approximate surface area is 481 Å². The Balaban J connectivity index is 1.03. The number of para-hydroxylation sites is 4. The Morgan fingerprint density at radius 1 is 0.439 bits per heavy atom. The van der Waals surface area contributed by atoms with Crippen LogP contribution in [0, 0.1) is 0 Å². The first-order valence-electron chi connectivity index (χ1n) is 29.0. The molecule has 7 heteroatoms. The van der Waals surface area contributed by atoms with Crippen LogP contribution in [-0.2, 0) is 16.2 Å². The summed E-state index contributed by atoms with van der Waals surface area (Å²) >= 11 is 0. The van der Waals surface area contributed by atoms with Crippen LogP contribution < -0.4 is 5.19 Å². The molecule has 0 unspecified atom stereocenters. The SMILES string of the molecule is CC(C)(C)c1cc(-c2cccc3c2nc(-c2cc(C(C)(C)C)cc(C(C)(C)C)c2O)n3-c2ccc([Si](C)(C)C)cc2-c2ccccc2)cc(-c2nccc3c2c2ccccc2n3-c2cc3c4ccccc4n4c5ccccc5c(c2)c34)c1. The van der Waals surface area contributed by atoms with Crippen molar-refractivity contribution in [1.29, 1.82) is 0 Å². The van der Waals surface area contributed by atoms with Gasteiger partial charge in [0.1, 0.15) is 11.6 Å². The van der Waals surface area contributed by atoms with Crippen LogP contribution >= 0.6 is 0 Å². The summed E-state index contributed by atoms with van der Waals surface area (Å²) in [5.41, 5.74) is 19.3. The predicted molar refractivity (Wildman–Crippen MR) is 350 cm³/mol. The number of hydrogen-bond donors (Lipinski definition) is 1. The monoisotopic (exact) mass is 1080 g/mol. The second kappa shape index (κ2) is 18.1. The van der Waals surface area contributed by atoms with Crippen molar-refractivity contribution in [1.82, 2.24) is 23.5 Å². The molecule has 0 bridgehead atoms. The van der Waals surface area contributed by atoms with Crippen LogP contribution in [0.2, 0.25) is 19.6 Å². The first kappa shape index (κ1) is 51.4. The average molecular weight is 1080 g/mol. The summed E-state index contributed by atoms with van der Waals surface area (Å²) in [5.74, 6) is 0.958. The molecule has 5 heterocycles. The van der Waals surface area contributed by atoms with Crippen LogP contribution in [0.3, 0.4) is 0 Å².